The highest BCUT2D eigenvalue weighted by Crippen LogP contribution is 1.97. The maximum absolute atomic E-state index is 11.8. The summed E-state index contributed by atoms with van der Waals surface area (Å²) in [5, 5.41) is 16.5. The largest absolute Gasteiger partial charge is 0.481 e. The van der Waals surface area contributed by atoms with Gasteiger partial charge in [-0.2, -0.15) is 0 Å². The first kappa shape index (κ1) is 32.7. The number of nitrogens with one attached hydrogen (secondary N) is 3. The summed E-state index contributed by atoms with van der Waals surface area (Å²) in [7, 11) is 0. The summed E-state index contributed by atoms with van der Waals surface area (Å²) in [5.41, 5.74) is 0. The summed E-state index contributed by atoms with van der Waals surface area (Å²) in [6.45, 7) is 6.44. The van der Waals surface area contributed by atoms with Gasteiger partial charge in [-0.25, -0.2) is 0 Å². The van der Waals surface area contributed by atoms with Gasteiger partial charge in [0.25, 0.3) is 0 Å². The Labute approximate surface area is 206 Å². The molecule has 0 bridgehead atoms. The first-order valence-corrected chi connectivity index (χ1v) is 11.8. The van der Waals surface area contributed by atoms with Crippen molar-refractivity contribution in [2.75, 3.05) is 79.1 Å². The topological polar surface area (TPSA) is 171 Å². The number of carboxylic acids is 1. The van der Waals surface area contributed by atoms with Gasteiger partial charge >= 0.3 is 5.97 Å². The van der Waals surface area contributed by atoms with Crippen molar-refractivity contribution >= 4 is 23.7 Å². The van der Waals surface area contributed by atoms with Gasteiger partial charge in [0.15, 0.2) is 0 Å². The van der Waals surface area contributed by atoms with E-state index in [0.29, 0.717) is 65.6 Å². The SMILES string of the molecule is CCC(=O)NCCOCCOCC(COCCOCCNC(=O)CC)OCC(=O)NCCC(=O)O. The maximum atomic E-state index is 11.8. The number of hydrogen-bond donors (Lipinski definition) is 4. The average molecular weight is 508 g/mol. The van der Waals surface area contributed by atoms with Crippen molar-refractivity contribution in [1.29, 1.82) is 0 Å². The molecule has 0 saturated heterocycles. The second kappa shape index (κ2) is 23.4. The number of rotatable bonds is 24. The maximum Gasteiger partial charge on any atom is 0.305 e. The molecule has 0 atom stereocenters. The molecule has 0 aliphatic carbocycles. The third-order valence-corrected chi connectivity index (χ3v) is 4.24. The summed E-state index contributed by atoms with van der Waals surface area (Å²) in [4.78, 5) is 44.6. The molecule has 0 fully saturated rings. The molecule has 4 N–H and O–H groups in total. The monoisotopic (exact) mass is 507 g/mol. The minimum atomic E-state index is -1.00. The van der Waals surface area contributed by atoms with Crippen LogP contribution in [0.2, 0.25) is 0 Å². The fourth-order valence-electron chi connectivity index (χ4n) is 2.34. The molecule has 0 aliphatic heterocycles. The van der Waals surface area contributed by atoms with Crippen molar-refractivity contribution in [2.24, 2.45) is 0 Å². The number of carboxylic acid groups (broad SMARTS) is 1. The standard InChI is InChI=1S/C22H41N3O10/c1-3-19(26)24-7-9-31-11-13-33-15-18(35-17-21(28)23-6-5-22(29)30)16-34-14-12-32-10-8-25-20(27)4-2/h18H,3-17H2,1-2H3,(H,23,28)(H,24,26)(H,25,27)(H,29,30). The fraction of sp³-hybridized carbons (Fsp3) is 0.818. The zero-order valence-electron chi connectivity index (χ0n) is 20.8. The minimum Gasteiger partial charge on any atom is -0.481 e. The Morgan fingerprint density at radius 2 is 1.11 bits per heavy atom. The van der Waals surface area contributed by atoms with Crippen LogP contribution >= 0.6 is 0 Å². The number of carbonyl (C=O) groups is 4. The lowest BCUT2D eigenvalue weighted by atomic mass is 10.4. The van der Waals surface area contributed by atoms with Crippen LogP contribution in [0.5, 0.6) is 0 Å². The van der Waals surface area contributed by atoms with E-state index in [1.165, 1.54) is 0 Å². The fourth-order valence-corrected chi connectivity index (χ4v) is 2.34. The van der Waals surface area contributed by atoms with Gasteiger partial charge in [-0.05, 0) is 0 Å². The molecule has 204 valence electrons. The van der Waals surface area contributed by atoms with Gasteiger partial charge in [0.1, 0.15) is 12.7 Å². The highest BCUT2D eigenvalue weighted by atomic mass is 16.6. The van der Waals surface area contributed by atoms with E-state index in [-0.39, 0.29) is 44.6 Å². The third kappa shape index (κ3) is 23.2. The van der Waals surface area contributed by atoms with Gasteiger partial charge in [0.2, 0.25) is 17.7 Å². The van der Waals surface area contributed by atoms with Crippen molar-refractivity contribution < 1.29 is 48.0 Å². The quantitative estimate of drug-likeness (QED) is 0.120. The minimum absolute atomic E-state index is 0.0152. The molecule has 0 saturated carbocycles. The Bertz CT molecular complexity index is 560. The Morgan fingerprint density at radius 1 is 0.657 bits per heavy atom. The molecule has 0 spiro atoms. The van der Waals surface area contributed by atoms with E-state index < -0.39 is 18.0 Å². The van der Waals surface area contributed by atoms with Crippen LogP contribution in [-0.2, 0) is 42.9 Å². The van der Waals surface area contributed by atoms with E-state index in [0.717, 1.165) is 0 Å². The van der Waals surface area contributed by atoms with Crippen LogP contribution < -0.4 is 16.0 Å². The molecule has 0 heterocycles. The molecule has 0 rings (SSSR count). The van der Waals surface area contributed by atoms with Crippen molar-refractivity contribution in [3.8, 4) is 0 Å². The van der Waals surface area contributed by atoms with E-state index in [1.54, 1.807) is 13.8 Å². The van der Waals surface area contributed by atoms with Crippen LogP contribution in [0.15, 0.2) is 0 Å². The number of aliphatic carboxylic acids is 1. The zero-order valence-corrected chi connectivity index (χ0v) is 20.8. The first-order valence-electron chi connectivity index (χ1n) is 11.8. The second-order valence-corrected chi connectivity index (χ2v) is 7.21. The Balaban J connectivity index is 4.10. The van der Waals surface area contributed by atoms with Gasteiger partial charge in [-0.15, -0.1) is 0 Å². The van der Waals surface area contributed by atoms with Gasteiger partial charge in [-0.1, -0.05) is 13.8 Å². The lowest BCUT2D eigenvalue weighted by Crippen LogP contribution is -2.34. The second-order valence-electron chi connectivity index (χ2n) is 7.21. The highest BCUT2D eigenvalue weighted by Gasteiger charge is 2.13. The average Bonchev–Trinajstić information content (AvgIpc) is 2.84. The molecule has 35 heavy (non-hydrogen) atoms. The van der Waals surface area contributed by atoms with Crippen LogP contribution in [0.1, 0.15) is 33.1 Å². The summed E-state index contributed by atoms with van der Waals surface area (Å²) in [6.07, 6.45) is 0.139. The lowest BCUT2D eigenvalue weighted by molar-refractivity contribution is -0.137. The summed E-state index contributed by atoms with van der Waals surface area (Å²) >= 11 is 0. The van der Waals surface area contributed by atoms with E-state index >= 15 is 0 Å². The number of hydrogen-bond acceptors (Lipinski definition) is 9. The molecular weight excluding hydrogens is 466 g/mol. The van der Waals surface area contributed by atoms with Crippen LogP contribution in [0, 0.1) is 0 Å². The predicted octanol–water partition coefficient (Wildman–Crippen LogP) is -0.919. The van der Waals surface area contributed by atoms with Gasteiger partial charge in [0.05, 0.1) is 59.3 Å². The molecule has 0 aromatic heterocycles. The summed E-state index contributed by atoms with van der Waals surface area (Å²) in [6, 6.07) is 0. The number of amides is 3. The number of ether oxygens (including phenoxy) is 5. The predicted molar refractivity (Wildman–Crippen MR) is 125 cm³/mol. The van der Waals surface area contributed by atoms with Crippen molar-refractivity contribution in [2.45, 2.75) is 39.2 Å². The molecule has 13 nitrogen and oxygen atoms in total. The lowest BCUT2D eigenvalue weighted by Gasteiger charge is -2.18. The number of carbonyl (C=O) groups excluding carboxylic acids is 3. The van der Waals surface area contributed by atoms with Crippen LogP contribution in [0.4, 0.5) is 0 Å². The van der Waals surface area contributed by atoms with E-state index in [9.17, 15) is 19.2 Å². The Hall–Kier alpha value is -2.32. The smallest absolute Gasteiger partial charge is 0.305 e. The highest BCUT2D eigenvalue weighted by molar-refractivity contribution is 5.78. The van der Waals surface area contributed by atoms with E-state index in [2.05, 4.69) is 16.0 Å². The van der Waals surface area contributed by atoms with Gasteiger partial charge in [0, 0.05) is 32.5 Å². The van der Waals surface area contributed by atoms with Crippen molar-refractivity contribution in [3.05, 3.63) is 0 Å². The molecule has 0 radical (unpaired) electrons. The van der Waals surface area contributed by atoms with Crippen molar-refractivity contribution in [1.82, 2.24) is 16.0 Å². The van der Waals surface area contributed by atoms with Crippen molar-refractivity contribution in [3.63, 3.8) is 0 Å². The third-order valence-electron chi connectivity index (χ3n) is 4.24. The Morgan fingerprint density at radius 3 is 1.57 bits per heavy atom. The zero-order chi connectivity index (χ0) is 26.2. The van der Waals surface area contributed by atoms with Crippen LogP contribution in [0.3, 0.4) is 0 Å². The summed E-state index contributed by atoms with van der Waals surface area (Å²) in [5.74, 6) is -1.52. The van der Waals surface area contributed by atoms with Gasteiger partial charge < -0.3 is 44.7 Å². The molecular formula is C22H41N3O10. The molecule has 3 amide bonds. The summed E-state index contributed by atoms with van der Waals surface area (Å²) < 4.78 is 27.4. The normalized spacial score (nSPS) is 10.8. The molecule has 0 aromatic carbocycles. The molecule has 0 unspecified atom stereocenters. The van der Waals surface area contributed by atoms with Gasteiger partial charge in [-0.3, -0.25) is 19.2 Å². The van der Waals surface area contributed by atoms with Crippen LogP contribution in [-0.4, -0.2) is 114 Å². The molecule has 13 heteroatoms. The van der Waals surface area contributed by atoms with Crippen LogP contribution in [0.25, 0.3) is 0 Å². The molecule has 0 aliphatic rings. The van der Waals surface area contributed by atoms with E-state index in [4.69, 9.17) is 28.8 Å². The first-order chi connectivity index (χ1) is 16.9. The Kier molecular flexibility index (Phi) is 21.9. The molecule has 0 aromatic rings. The van der Waals surface area contributed by atoms with E-state index in [1.807, 2.05) is 0 Å².